The van der Waals surface area contributed by atoms with Crippen LogP contribution in [0, 0.1) is 0 Å². The summed E-state index contributed by atoms with van der Waals surface area (Å²) in [5.74, 6) is -3.32. The molecule has 0 radical (unpaired) electrons. The van der Waals surface area contributed by atoms with Crippen LogP contribution >= 0.6 is 0 Å². The summed E-state index contributed by atoms with van der Waals surface area (Å²) in [7, 11) is 0. The van der Waals surface area contributed by atoms with E-state index in [9.17, 15) is 34.5 Å². The van der Waals surface area contributed by atoms with Gasteiger partial charge in [0.1, 0.15) is 18.8 Å². The number of hydrogen-bond acceptors (Lipinski definition) is 11. The number of ether oxygens (including phenoxy) is 5. The summed E-state index contributed by atoms with van der Waals surface area (Å²) in [5.41, 5.74) is 0. The van der Waals surface area contributed by atoms with Crippen LogP contribution in [0.2, 0.25) is 0 Å². The number of unbranched alkanes of at least 4 members (excludes halogenated alkanes) is 18. The van der Waals surface area contributed by atoms with Crippen molar-refractivity contribution in [2.75, 3.05) is 13.2 Å². The van der Waals surface area contributed by atoms with Gasteiger partial charge in [-0.15, -0.1) is 0 Å². The number of carboxylic acids is 1. The first-order valence-corrected chi connectivity index (χ1v) is 32.2. The van der Waals surface area contributed by atoms with E-state index in [0.29, 0.717) is 19.3 Å². The molecular weight excluding hydrogens is 1040 g/mol. The lowest BCUT2D eigenvalue weighted by Crippen LogP contribution is -2.61. The lowest BCUT2D eigenvalue weighted by molar-refractivity contribution is -0.301. The van der Waals surface area contributed by atoms with Gasteiger partial charge in [-0.2, -0.15) is 0 Å². The van der Waals surface area contributed by atoms with E-state index in [1.54, 1.807) is 12.2 Å². The van der Waals surface area contributed by atoms with Crippen LogP contribution in [0.5, 0.6) is 0 Å². The van der Waals surface area contributed by atoms with Gasteiger partial charge in [-0.1, -0.05) is 238 Å². The van der Waals surface area contributed by atoms with Crippen molar-refractivity contribution in [3.8, 4) is 0 Å². The summed E-state index contributed by atoms with van der Waals surface area (Å²) in [6.07, 6.45) is 68.6. The Kier molecular flexibility index (Phi) is 52.4. The van der Waals surface area contributed by atoms with E-state index >= 15 is 0 Å². The van der Waals surface area contributed by atoms with Gasteiger partial charge < -0.3 is 39.0 Å². The van der Waals surface area contributed by atoms with Crippen LogP contribution in [0.15, 0.2) is 134 Å². The predicted octanol–water partition coefficient (Wildman–Crippen LogP) is 17.3. The van der Waals surface area contributed by atoms with Gasteiger partial charge in [-0.05, 0) is 116 Å². The highest BCUT2D eigenvalue weighted by Crippen LogP contribution is 2.26. The van der Waals surface area contributed by atoms with Gasteiger partial charge in [0.25, 0.3) is 0 Å². The van der Waals surface area contributed by atoms with E-state index in [1.165, 1.54) is 51.4 Å². The average molecular weight is 1160 g/mol. The average Bonchev–Trinajstić information content (AvgIpc) is 3.57. The highest BCUT2D eigenvalue weighted by molar-refractivity contribution is 5.74. The van der Waals surface area contributed by atoms with Gasteiger partial charge in [-0.3, -0.25) is 14.4 Å². The van der Waals surface area contributed by atoms with Crippen molar-refractivity contribution >= 4 is 23.9 Å². The normalized spacial score (nSPS) is 18.5. The zero-order chi connectivity index (χ0) is 60.3. The molecule has 1 saturated heterocycles. The maximum absolute atomic E-state index is 13.2. The van der Waals surface area contributed by atoms with Crippen molar-refractivity contribution < 1.29 is 58.2 Å². The van der Waals surface area contributed by atoms with Crippen molar-refractivity contribution in [3.63, 3.8) is 0 Å². The Labute approximate surface area is 502 Å². The molecule has 1 aliphatic rings. The predicted molar refractivity (Wildman–Crippen MR) is 340 cm³/mol. The Morgan fingerprint density at radius 3 is 1.22 bits per heavy atom. The zero-order valence-corrected chi connectivity index (χ0v) is 51.6. The second-order valence-electron chi connectivity index (χ2n) is 21.3. The zero-order valence-electron chi connectivity index (χ0n) is 51.6. The van der Waals surface area contributed by atoms with Crippen molar-refractivity contribution in [1.29, 1.82) is 0 Å². The van der Waals surface area contributed by atoms with Crippen LogP contribution in [0.3, 0.4) is 0 Å². The highest BCUT2D eigenvalue weighted by atomic mass is 16.7. The third-order valence-corrected chi connectivity index (χ3v) is 13.7. The number of aliphatic carboxylic acids is 1. The fraction of sp³-hybridized carbons (Fsp3) is 0.634. The highest BCUT2D eigenvalue weighted by Gasteiger charge is 2.50. The molecule has 0 amide bonds. The molecule has 0 aliphatic carbocycles. The molecule has 1 rings (SSSR count). The Hall–Kier alpha value is -5.14. The molecule has 1 aliphatic heterocycles. The van der Waals surface area contributed by atoms with E-state index in [1.807, 2.05) is 12.2 Å². The summed E-state index contributed by atoms with van der Waals surface area (Å²) in [6.45, 7) is 5.69. The molecule has 0 bridgehead atoms. The van der Waals surface area contributed by atoms with E-state index in [2.05, 4.69) is 130 Å². The van der Waals surface area contributed by atoms with Gasteiger partial charge in [0.05, 0.1) is 13.0 Å². The van der Waals surface area contributed by atoms with Crippen molar-refractivity contribution in [3.05, 3.63) is 134 Å². The lowest BCUT2D eigenvalue weighted by Gasteiger charge is -2.40. The first kappa shape index (κ1) is 75.9. The Bertz CT molecular complexity index is 1950. The molecule has 0 aromatic carbocycles. The maximum Gasteiger partial charge on any atom is 0.335 e. The van der Waals surface area contributed by atoms with Crippen molar-refractivity contribution in [2.45, 2.75) is 276 Å². The molecule has 0 saturated carbocycles. The SMILES string of the molecule is CC/C=C\C/C=C\C/C=C\C/C=C\C/C=C\CC(=O)OC1C(OCC(COC(=O)CCCCCCCC/C=C\C/C=C\C/C=C\C/C=C\CC)OC(=O)CCCCCCCCCCC/C=C\C/C=C\CCCCC)OC(C(=O)O)C(O)C1O. The molecule has 0 aromatic heterocycles. The number of allylic oxidation sites excluding steroid dienone is 21. The minimum Gasteiger partial charge on any atom is -0.479 e. The van der Waals surface area contributed by atoms with E-state index < -0.39 is 67.3 Å². The quantitative estimate of drug-likeness (QED) is 0.0228. The first-order valence-electron chi connectivity index (χ1n) is 32.2. The van der Waals surface area contributed by atoms with Crippen molar-refractivity contribution in [2.24, 2.45) is 0 Å². The molecular formula is C71H112O12. The monoisotopic (exact) mass is 1160 g/mol. The second kappa shape index (κ2) is 57.3. The molecule has 1 fully saturated rings. The summed E-state index contributed by atoms with van der Waals surface area (Å²) in [4.78, 5) is 51.3. The number of carbonyl (C=O) groups excluding carboxylic acids is 3. The molecule has 83 heavy (non-hydrogen) atoms. The number of aliphatic hydroxyl groups excluding tert-OH is 2. The van der Waals surface area contributed by atoms with Gasteiger partial charge in [-0.25, -0.2) is 4.79 Å². The van der Waals surface area contributed by atoms with Gasteiger partial charge in [0, 0.05) is 12.8 Å². The smallest absolute Gasteiger partial charge is 0.335 e. The summed E-state index contributed by atoms with van der Waals surface area (Å²) in [5, 5.41) is 31.5. The minimum absolute atomic E-state index is 0.137. The number of hydrogen-bond donors (Lipinski definition) is 3. The molecule has 3 N–H and O–H groups in total. The number of aliphatic hydroxyl groups is 2. The van der Waals surface area contributed by atoms with Crippen LogP contribution < -0.4 is 0 Å². The van der Waals surface area contributed by atoms with Crippen LogP contribution in [0.25, 0.3) is 0 Å². The summed E-state index contributed by atoms with van der Waals surface area (Å²) >= 11 is 0. The first-order chi connectivity index (χ1) is 40.6. The fourth-order valence-electron chi connectivity index (χ4n) is 8.88. The Morgan fingerprint density at radius 1 is 0.422 bits per heavy atom. The van der Waals surface area contributed by atoms with Gasteiger partial charge >= 0.3 is 23.9 Å². The van der Waals surface area contributed by atoms with Crippen LogP contribution in [-0.4, -0.2) is 89.2 Å². The molecule has 12 nitrogen and oxygen atoms in total. The number of esters is 3. The molecule has 6 atom stereocenters. The lowest BCUT2D eigenvalue weighted by atomic mass is 9.98. The van der Waals surface area contributed by atoms with Crippen LogP contribution in [0.4, 0.5) is 0 Å². The van der Waals surface area contributed by atoms with E-state index in [0.717, 1.165) is 128 Å². The van der Waals surface area contributed by atoms with Gasteiger partial charge in [0.2, 0.25) is 0 Å². The van der Waals surface area contributed by atoms with E-state index in [-0.39, 0.29) is 25.9 Å². The molecule has 1 heterocycles. The third-order valence-electron chi connectivity index (χ3n) is 13.7. The fourth-order valence-corrected chi connectivity index (χ4v) is 8.88. The Balaban J connectivity index is 2.72. The molecule has 12 heteroatoms. The molecule has 468 valence electrons. The summed E-state index contributed by atoms with van der Waals surface area (Å²) in [6, 6.07) is 0. The molecule has 6 unspecified atom stereocenters. The van der Waals surface area contributed by atoms with E-state index in [4.69, 9.17) is 23.7 Å². The van der Waals surface area contributed by atoms with Gasteiger partial charge in [0.15, 0.2) is 24.6 Å². The number of rotatable bonds is 53. The Morgan fingerprint density at radius 2 is 0.795 bits per heavy atom. The molecule has 0 aromatic rings. The summed E-state index contributed by atoms with van der Waals surface area (Å²) < 4.78 is 28.4. The molecule has 0 spiro atoms. The minimum atomic E-state index is -1.94. The van der Waals surface area contributed by atoms with Crippen molar-refractivity contribution in [1.82, 2.24) is 0 Å². The largest absolute Gasteiger partial charge is 0.479 e. The maximum atomic E-state index is 13.2. The topological polar surface area (TPSA) is 175 Å². The standard InChI is InChI=1S/C71H112O12/c1-4-7-10-13-16-19-22-25-28-30-32-34-37-39-42-45-48-51-54-57-63(72)79-60-62(81-64(73)58-55-52-49-46-43-41-38-35-33-31-29-26-23-20-17-14-11-8-5-2)61-80-71-69(67(76)66(75)68(83-71)70(77)78)82-65(74)59-56-53-50-47-44-40-36-27-24-21-18-15-12-9-6-3/h7,9-10,12,16-21,25-29,32,34,36,44,47,53,56,62,66-69,71,75-76H,4-6,8,11,13-15,22-24,30-31,33,35,37-43,45-46,48-52,54-55,57-61H2,1-3H3,(H,77,78)/b10-7-,12-9-,19-16-,20-17-,21-18-,28-25-,29-26-,34-32-,36-27-,47-44-,56-53-. The van der Waals surface area contributed by atoms with Crippen LogP contribution in [0.1, 0.15) is 239 Å². The third kappa shape index (κ3) is 46.9. The second-order valence-corrected chi connectivity index (χ2v) is 21.3. The number of carboxylic acid groups (broad SMARTS) is 1. The number of carbonyl (C=O) groups is 4. The van der Waals surface area contributed by atoms with Crippen LogP contribution in [-0.2, 0) is 42.9 Å².